The third-order valence-electron chi connectivity index (χ3n) is 1.54. The molecule has 0 bridgehead atoms. The number of allylic oxidation sites excluding steroid dienone is 1. The summed E-state index contributed by atoms with van der Waals surface area (Å²) in [6, 6.07) is 0. The van der Waals surface area contributed by atoms with Crippen LogP contribution >= 0.6 is 11.8 Å². The van der Waals surface area contributed by atoms with E-state index in [1.54, 1.807) is 6.20 Å². The first-order chi connectivity index (χ1) is 4.93. The Bertz CT molecular complexity index is 108. The van der Waals surface area contributed by atoms with Crippen molar-refractivity contribution < 1.29 is 0 Å². The van der Waals surface area contributed by atoms with Gasteiger partial charge in [0.05, 0.1) is 0 Å². The fourth-order valence-corrected chi connectivity index (χ4v) is 2.08. The molecule has 1 unspecified atom stereocenters. The molecule has 2 nitrogen and oxygen atoms in total. The first-order valence-corrected chi connectivity index (χ1v) is 4.67. The van der Waals surface area contributed by atoms with Gasteiger partial charge in [0.2, 0.25) is 0 Å². The zero-order valence-corrected chi connectivity index (χ0v) is 6.86. The van der Waals surface area contributed by atoms with E-state index >= 15 is 0 Å². The van der Waals surface area contributed by atoms with Gasteiger partial charge in [0.1, 0.15) is 0 Å². The first-order valence-electron chi connectivity index (χ1n) is 3.62. The SMILES string of the molecule is NC=CCC1CNCCS1. The minimum atomic E-state index is 0.744. The Labute approximate surface area is 66.2 Å². The van der Waals surface area contributed by atoms with Gasteiger partial charge in [-0.15, -0.1) is 0 Å². The molecule has 0 aromatic rings. The van der Waals surface area contributed by atoms with Crippen LogP contribution in [0.25, 0.3) is 0 Å². The van der Waals surface area contributed by atoms with Gasteiger partial charge in [-0.05, 0) is 12.6 Å². The van der Waals surface area contributed by atoms with Crippen LogP contribution in [0.1, 0.15) is 6.42 Å². The Morgan fingerprint density at radius 1 is 1.70 bits per heavy atom. The van der Waals surface area contributed by atoms with Crippen LogP contribution in [0.2, 0.25) is 0 Å². The number of hydrogen-bond acceptors (Lipinski definition) is 3. The van der Waals surface area contributed by atoms with Crippen molar-refractivity contribution in [3.8, 4) is 0 Å². The summed E-state index contributed by atoms with van der Waals surface area (Å²) in [5.74, 6) is 1.24. The van der Waals surface area contributed by atoms with Gasteiger partial charge in [0.15, 0.2) is 0 Å². The highest BCUT2D eigenvalue weighted by Crippen LogP contribution is 2.16. The molecular formula is C7H14N2S. The van der Waals surface area contributed by atoms with Gasteiger partial charge in [-0.25, -0.2) is 0 Å². The lowest BCUT2D eigenvalue weighted by molar-refractivity contribution is 0.673. The molecule has 1 aliphatic rings. The minimum absolute atomic E-state index is 0.744. The molecule has 1 saturated heterocycles. The van der Waals surface area contributed by atoms with E-state index in [4.69, 9.17) is 5.73 Å². The van der Waals surface area contributed by atoms with E-state index < -0.39 is 0 Å². The fraction of sp³-hybridized carbons (Fsp3) is 0.714. The van der Waals surface area contributed by atoms with Gasteiger partial charge in [-0.3, -0.25) is 0 Å². The molecule has 10 heavy (non-hydrogen) atoms. The lowest BCUT2D eigenvalue weighted by Gasteiger charge is -2.20. The maximum Gasteiger partial charge on any atom is 0.0208 e. The number of nitrogens with one attached hydrogen (secondary N) is 1. The van der Waals surface area contributed by atoms with E-state index in [9.17, 15) is 0 Å². The van der Waals surface area contributed by atoms with Crippen molar-refractivity contribution in [2.45, 2.75) is 11.7 Å². The summed E-state index contributed by atoms with van der Waals surface area (Å²) in [7, 11) is 0. The molecule has 1 heterocycles. The average molecular weight is 158 g/mol. The van der Waals surface area contributed by atoms with Gasteiger partial charge >= 0.3 is 0 Å². The molecule has 0 spiro atoms. The van der Waals surface area contributed by atoms with E-state index in [1.807, 2.05) is 17.8 Å². The number of nitrogens with two attached hydrogens (primary N) is 1. The summed E-state index contributed by atoms with van der Waals surface area (Å²) in [4.78, 5) is 0. The Morgan fingerprint density at radius 3 is 3.20 bits per heavy atom. The Balaban J connectivity index is 2.13. The normalized spacial score (nSPS) is 27.4. The second kappa shape index (κ2) is 4.63. The zero-order valence-electron chi connectivity index (χ0n) is 6.05. The Hall–Kier alpha value is -0.150. The van der Waals surface area contributed by atoms with Gasteiger partial charge in [-0.1, -0.05) is 6.08 Å². The summed E-state index contributed by atoms with van der Waals surface area (Å²) in [6.45, 7) is 2.29. The van der Waals surface area contributed by atoms with Crippen LogP contribution in [0, 0.1) is 0 Å². The van der Waals surface area contributed by atoms with Crippen LogP contribution in [-0.4, -0.2) is 24.1 Å². The van der Waals surface area contributed by atoms with Crippen LogP contribution in [0.4, 0.5) is 0 Å². The van der Waals surface area contributed by atoms with E-state index in [0.717, 1.165) is 24.8 Å². The molecule has 3 N–H and O–H groups in total. The predicted molar refractivity (Wildman–Crippen MR) is 47.1 cm³/mol. The second-order valence-corrected chi connectivity index (χ2v) is 3.77. The molecule has 1 rings (SSSR count). The van der Waals surface area contributed by atoms with Crippen LogP contribution < -0.4 is 11.1 Å². The van der Waals surface area contributed by atoms with E-state index in [0.29, 0.717) is 0 Å². The quantitative estimate of drug-likeness (QED) is 0.616. The molecule has 0 aromatic heterocycles. The van der Waals surface area contributed by atoms with Gasteiger partial charge in [-0.2, -0.15) is 11.8 Å². The van der Waals surface area contributed by atoms with Crippen molar-refractivity contribution in [2.24, 2.45) is 5.73 Å². The molecule has 1 fully saturated rings. The highest BCUT2D eigenvalue weighted by molar-refractivity contribution is 8.00. The molecule has 0 radical (unpaired) electrons. The van der Waals surface area contributed by atoms with Crippen molar-refractivity contribution in [2.75, 3.05) is 18.8 Å². The molecule has 1 atom stereocenters. The predicted octanol–water partition coefficient (Wildman–Crippen LogP) is 0.554. The van der Waals surface area contributed by atoms with Crippen LogP contribution in [0.5, 0.6) is 0 Å². The van der Waals surface area contributed by atoms with Crippen molar-refractivity contribution >= 4 is 11.8 Å². The van der Waals surface area contributed by atoms with Crippen LogP contribution in [-0.2, 0) is 0 Å². The summed E-state index contributed by atoms with van der Waals surface area (Å²) in [5.41, 5.74) is 5.24. The van der Waals surface area contributed by atoms with E-state index in [-0.39, 0.29) is 0 Å². The molecule has 0 amide bonds. The Morgan fingerprint density at radius 2 is 2.60 bits per heavy atom. The van der Waals surface area contributed by atoms with Crippen molar-refractivity contribution in [3.05, 3.63) is 12.3 Å². The fourth-order valence-electron chi connectivity index (χ4n) is 1.00. The smallest absolute Gasteiger partial charge is 0.0208 e. The summed E-state index contributed by atoms with van der Waals surface area (Å²) >= 11 is 2.03. The van der Waals surface area contributed by atoms with Crippen molar-refractivity contribution in [3.63, 3.8) is 0 Å². The van der Waals surface area contributed by atoms with Crippen molar-refractivity contribution in [1.82, 2.24) is 5.32 Å². The lowest BCUT2D eigenvalue weighted by Crippen LogP contribution is -2.32. The summed E-state index contributed by atoms with van der Waals surface area (Å²) < 4.78 is 0. The number of thioether (sulfide) groups is 1. The molecule has 1 aliphatic heterocycles. The third kappa shape index (κ3) is 2.62. The number of hydrogen-bond donors (Lipinski definition) is 2. The van der Waals surface area contributed by atoms with Crippen LogP contribution in [0.15, 0.2) is 12.3 Å². The summed E-state index contributed by atoms with van der Waals surface area (Å²) in [6.07, 6.45) is 4.77. The average Bonchev–Trinajstić information content (AvgIpc) is 2.03. The Kier molecular flexibility index (Phi) is 3.68. The standard InChI is InChI=1S/C7H14N2S/c8-3-1-2-7-6-9-4-5-10-7/h1,3,7,9H,2,4-6,8H2. The molecule has 0 saturated carbocycles. The monoisotopic (exact) mass is 158 g/mol. The molecule has 0 aromatic carbocycles. The lowest BCUT2D eigenvalue weighted by atomic mass is 10.3. The third-order valence-corrected chi connectivity index (χ3v) is 2.81. The van der Waals surface area contributed by atoms with E-state index in [1.165, 1.54) is 5.75 Å². The molecule has 58 valence electrons. The largest absolute Gasteiger partial charge is 0.405 e. The molecule has 0 aliphatic carbocycles. The van der Waals surface area contributed by atoms with Crippen molar-refractivity contribution in [1.29, 1.82) is 0 Å². The highest BCUT2D eigenvalue weighted by Gasteiger charge is 2.10. The zero-order chi connectivity index (χ0) is 7.23. The van der Waals surface area contributed by atoms with Gasteiger partial charge in [0.25, 0.3) is 0 Å². The van der Waals surface area contributed by atoms with Gasteiger partial charge < -0.3 is 11.1 Å². The summed E-state index contributed by atoms with van der Waals surface area (Å²) in [5, 5.41) is 4.09. The highest BCUT2D eigenvalue weighted by atomic mass is 32.2. The maximum absolute atomic E-state index is 5.24. The van der Waals surface area contributed by atoms with Gasteiger partial charge in [0, 0.05) is 24.1 Å². The molecule has 3 heteroatoms. The minimum Gasteiger partial charge on any atom is -0.405 e. The van der Waals surface area contributed by atoms with E-state index in [2.05, 4.69) is 5.32 Å². The molecular weight excluding hydrogens is 144 g/mol. The topological polar surface area (TPSA) is 38.0 Å². The second-order valence-electron chi connectivity index (χ2n) is 2.36. The van der Waals surface area contributed by atoms with Crippen LogP contribution in [0.3, 0.4) is 0 Å². The first kappa shape index (κ1) is 7.95. The number of rotatable bonds is 2. The maximum atomic E-state index is 5.24.